The molecule has 20 heavy (non-hydrogen) atoms. The fourth-order valence-corrected chi connectivity index (χ4v) is 1.85. The lowest BCUT2D eigenvalue weighted by Crippen LogP contribution is -2.14. The molecule has 2 aromatic rings. The predicted molar refractivity (Wildman–Crippen MR) is 81.1 cm³/mol. The third-order valence-electron chi connectivity index (χ3n) is 2.89. The van der Waals surface area contributed by atoms with E-state index in [0.717, 1.165) is 5.69 Å². The average Bonchev–Trinajstić information content (AvgIpc) is 2.80. The number of nitrogens with one attached hydrogen (secondary N) is 2. The van der Waals surface area contributed by atoms with E-state index in [2.05, 4.69) is 36.3 Å². The zero-order chi connectivity index (χ0) is 14.9. The van der Waals surface area contributed by atoms with E-state index >= 15 is 0 Å². The highest BCUT2D eigenvalue weighted by Crippen LogP contribution is 2.23. The first kappa shape index (κ1) is 14.4. The third kappa shape index (κ3) is 3.11. The van der Waals surface area contributed by atoms with E-state index in [4.69, 9.17) is 17.3 Å². The smallest absolute Gasteiger partial charge is 0.259 e. The molecule has 6 heteroatoms. The highest BCUT2D eigenvalue weighted by molar-refractivity contribution is 6.31. The summed E-state index contributed by atoms with van der Waals surface area (Å²) in [5, 5.41) is 10.1. The van der Waals surface area contributed by atoms with E-state index in [9.17, 15) is 4.79 Å². The molecule has 0 atom stereocenters. The number of anilines is 2. The minimum absolute atomic E-state index is 0.0644. The van der Waals surface area contributed by atoms with E-state index in [1.54, 1.807) is 18.2 Å². The standard InChI is InChI=1S/C14H17ClN4O/c1-14(2,3)11-7-12(19-18-11)17-13(20)9-6-8(15)4-5-10(9)16/h4-7H,16H2,1-3H3,(H2,17,18,19,20). The number of halogens is 1. The van der Waals surface area contributed by atoms with E-state index in [1.807, 2.05) is 0 Å². The number of benzene rings is 1. The van der Waals surface area contributed by atoms with Gasteiger partial charge in [0.05, 0.1) is 5.56 Å². The normalized spacial score (nSPS) is 11.4. The summed E-state index contributed by atoms with van der Waals surface area (Å²) in [4.78, 5) is 12.1. The first-order chi connectivity index (χ1) is 9.27. The van der Waals surface area contributed by atoms with Gasteiger partial charge in [-0.2, -0.15) is 5.10 Å². The second kappa shape index (κ2) is 5.17. The first-order valence-corrected chi connectivity index (χ1v) is 6.57. The molecular formula is C14H17ClN4O. The van der Waals surface area contributed by atoms with Gasteiger partial charge in [0, 0.05) is 27.9 Å². The number of nitrogen functional groups attached to an aromatic ring is 1. The van der Waals surface area contributed by atoms with Gasteiger partial charge in [-0.15, -0.1) is 0 Å². The molecule has 0 fully saturated rings. The van der Waals surface area contributed by atoms with E-state index < -0.39 is 0 Å². The first-order valence-electron chi connectivity index (χ1n) is 6.19. The number of carbonyl (C=O) groups excluding carboxylic acids is 1. The number of hydrogen-bond acceptors (Lipinski definition) is 3. The van der Waals surface area contributed by atoms with Crippen LogP contribution in [-0.2, 0) is 5.41 Å². The number of carbonyl (C=O) groups is 1. The summed E-state index contributed by atoms with van der Waals surface area (Å²) < 4.78 is 0. The summed E-state index contributed by atoms with van der Waals surface area (Å²) in [5.74, 6) is 0.122. The molecule has 0 aliphatic heterocycles. The lowest BCUT2D eigenvalue weighted by atomic mass is 9.92. The van der Waals surface area contributed by atoms with Crippen LogP contribution in [0.5, 0.6) is 0 Å². The summed E-state index contributed by atoms with van der Waals surface area (Å²) in [7, 11) is 0. The van der Waals surface area contributed by atoms with Crippen molar-refractivity contribution in [3.8, 4) is 0 Å². The molecule has 0 radical (unpaired) electrons. The molecular weight excluding hydrogens is 276 g/mol. The molecule has 0 aliphatic carbocycles. The number of amides is 1. The van der Waals surface area contributed by atoms with E-state index in [-0.39, 0.29) is 11.3 Å². The summed E-state index contributed by atoms with van der Waals surface area (Å²) in [6.45, 7) is 6.17. The second-order valence-corrected chi connectivity index (χ2v) is 6.04. The Hall–Kier alpha value is -2.01. The lowest BCUT2D eigenvalue weighted by molar-refractivity contribution is 0.102. The van der Waals surface area contributed by atoms with Crippen LogP contribution in [0.1, 0.15) is 36.8 Å². The summed E-state index contributed by atoms with van der Waals surface area (Å²) >= 11 is 5.87. The van der Waals surface area contributed by atoms with Crippen molar-refractivity contribution in [1.82, 2.24) is 10.2 Å². The average molecular weight is 293 g/mol. The van der Waals surface area contributed by atoms with Crippen LogP contribution in [0.2, 0.25) is 5.02 Å². The molecule has 106 valence electrons. The van der Waals surface area contributed by atoms with Crippen molar-refractivity contribution in [3.63, 3.8) is 0 Å². The highest BCUT2D eigenvalue weighted by Gasteiger charge is 2.18. The lowest BCUT2D eigenvalue weighted by Gasteiger charge is -2.14. The van der Waals surface area contributed by atoms with Gasteiger partial charge in [-0.1, -0.05) is 32.4 Å². The van der Waals surface area contributed by atoms with E-state index in [1.165, 1.54) is 6.07 Å². The summed E-state index contributed by atoms with van der Waals surface area (Å²) in [6, 6.07) is 6.57. The van der Waals surface area contributed by atoms with Crippen LogP contribution in [0.3, 0.4) is 0 Å². The number of nitrogens with two attached hydrogens (primary N) is 1. The number of aromatic nitrogens is 2. The minimum Gasteiger partial charge on any atom is -0.398 e. The second-order valence-electron chi connectivity index (χ2n) is 5.60. The molecule has 1 aromatic carbocycles. The van der Waals surface area contributed by atoms with Crippen molar-refractivity contribution < 1.29 is 4.79 Å². The molecule has 1 amide bonds. The maximum atomic E-state index is 12.1. The van der Waals surface area contributed by atoms with Crippen molar-refractivity contribution >= 4 is 29.0 Å². The number of nitrogens with zero attached hydrogens (tertiary/aromatic N) is 1. The van der Waals surface area contributed by atoms with Crippen LogP contribution in [0.15, 0.2) is 24.3 Å². The van der Waals surface area contributed by atoms with Crippen molar-refractivity contribution in [2.45, 2.75) is 26.2 Å². The van der Waals surface area contributed by atoms with Gasteiger partial charge in [-0.25, -0.2) is 0 Å². The summed E-state index contributed by atoms with van der Waals surface area (Å²) in [5.41, 5.74) is 7.35. The zero-order valence-corrected chi connectivity index (χ0v) is 12.4. The van der Waals surface area contributed by atoms with Crippen LogP contribution >= 0.6 is 11.6 Å². The molecule has 5 nitrogen and oxygen atoms in total. The molecule has 0 spiro atoms. The van der Waals surface area contributed by atoms with Gasteiger partial charge >= 0.3 is 0 Å². The third-order valence-corrected chi connectivity index (χ3v) is 3.12. The minimum atomic E-state index is -0.336. The Balaban J connectivity index is 2.20. The quantitative estimate of drug-likeness (QED) is 0.743. The fourth-order valence-electron chi connectivity index (χ4n) is 1.68. The number of aromatic amines is 1. The number of hydrogen-bond donors (Lipinski definition) is 3. The van der Waals surface area contributed by atoms with Crippen LogP contribution < -0.4 is 11.1 Å². The van der Waals surface area contributed by atoms with Crippen LogP contribution in [0.25, 0.3) is 0 Å². The van der Waals surface area contributed by atoms with Gasteiger partial charge in [0.1, 0.15) is 0 Å². The van der Waals surface area contributed by atoms with Crippen molar-refractivity contribution in [2.75, 3.05) is 11.1 Å². The number of H-pyrrole nitrogens is 1. The topological polar surface area (TPSA) is 83.8 Å². The zero-order valence-electron chi connectivity index (χ0n) is 11.6. The highest BCUT2D eigenvalue weighted by atomic mass is 35.5. The Morgan fingerprint density at radius 1 is 1.35 bits per heavy atom. The molecule has 1 heterocycles. The SMILES string of the molecule is CC(C)(C)c1cc(NC(=O)c2cc(Cl)ccc2N)n[nH]1. The van der Waals surface area contributed by atoms with Gasteiger partial charge in [0.15, 0.2) is 5.82 Å². The van der Waals surface area contributed by atoms with Crippen LogP contribution in [0.4, 0.5) is 11.5 Å². The maximum absolute atomic E-state index is 12.1. The summed E-state index contributed by atoms with van der Waals surface area (Å²) in [6.07, 6.45) is 0. The molecule has 4 N–H and O–H groups in total. The van der Waals surface area contributed by atoms with Gasteiger partial charge < -0.3 is 11.1 Å². The Kier molecular flexibility index (Phi) is 3.72. The van der Waals surface area contributed by atoms with E-state index in [0.29, 0.717) is 22.1 Å². The van der Waals surface area contributed by atoms with Gasteiger partial charge in [0.25, 0.3) is 5.91 Å². The van der Waals surface area contributed by atoms with Gasteiger partial charge in [-0.05, 0) is 18.2 Å². The molecule has 0 saturated heterocycles. The number of rotatable bonds is 2. The molecule has 0 aliphatic rings. The monoisotopic (exact) mass is 292 g/mol. The van der Waals surface area contributed by atoms with Gasteiger partial charge in [0.2, 0.25) is 0 Å². The maximum Gasteiger partial charge on any atom is 0.259 e. The largest absolute Gasteiger partial charge is 0.398 e. The fraction of sp³-hybridized carbons (Fsp3) is 0.286. The molecule has 0 bridgehead atoms. The molecule has 2 rings (SSSR count). The Morgan fingerprint density at radius 2 is 2.05 bits per heavy atom. The van der Waals surface area contributed by atoms with Crippen LogP contribution in [0, 0.1) is 0 Å². The Labute approximate surface area is 122 Å². The molecule has 0 unspecified atom stereocenters. The molecule has 0 saturated carbocycles. The predicted octanol–water partition coefficient (Wildman–Crippen LogP) is 3.20. The Bertz CT molecular complexity index is 643. The Morgan fingerprint density at radius 3 is 2.65 bits per heavy atom. The van der Waals surface area contributed by atoms with Crippen LogP contribution in [-0.4, -0.2) is 16.1 Å². The van der Waals surface area contributed by atoms with Gasteiger partial charge in [-0.3, -0.25) is 9.89 Å². The van der Waals surface area contributed by atoms with Crippen molar-refractivity contribution in [1.29, 1.82) is 0 Å². The molecule has 1 aromatic heterocycles. The van der Waals surface area contributed by atoms with Crippen molar-refractivity contribution in [2.24, 2.45) is 0 Å². The van der Waals surface area contributed by atoms with Crippen molar-refractivity contribution in [3.05, 3.63) is 40.5 Å².